The van der Waals surface area contributed by atoms with Gasteiger partial charge in [-0.2, -0.15) is 5.26 Å². The van der Waals surface area contributed by atoms with E-state index < -0.39 is 0 Å². The molecule has 2 aromatic carbocycles. The van der Waals surface area contributed by atoms with Crippen LogP contribution in [0, 0.1) is 24.2 Å². The molecular formula is C18H20N2. The van der Waals surface area contributed by atoms with Crippen LogP contribution >= 0.6 is 0 Å². The lowest BCUT2D eigenvalue weighted by Gasteiger charge is -2.22. The van der Waals surface area contributed by atoms with Crippen LogP contribution in [0.3, 0.4) is 0 Å². The molecule has 2 nitrogen and oxygen atoms in total. The SMILES string of the molecule is Cc1ccccc1C(NCC(C)C#N)c1ccccc1. The average molecular weight is 264 g/mol. The Morgan fingerprint density at radius 3 is 2.35 bits per heavy atom. The van der Waals surface area contributed by atoms with Gasteiger partial charge in [0.15, 0.2) is 0 Å². The Hall–Kier alpha value is -2.11. The predicted molar refractivity (Wildman–Crippen MR) is 82.2 cm³/mol. The number of rotatable bonds is 5. The molecule has 0 aromatic heterocycles. The summed E-state index contributed by atoms with van der Waals surface area (Å²) in [6.07, 6.45) is 0. The molecule has 2 atom stereocenters. The molecule has 0 spiro atoms. The van der Waals surface area contributed by atoms with Crippen molar-refractivity contribution < 1.29 is 0 Å². The molecule has 0 saturated heterocycles. The summed E-state index contributed by atoms with van der Waals surface area (Å²) in [7, 11) is 0. The fourth-order valence-electron chi connectivity index (χ4n) is 2.30. The molecule has 102 valence electrons. The Balaban J connectivity index is 2.30. The molecule has 0 radical (unpaired) electrons. The second-order valence-electron chi connectivity index (χ2n) is 5.14. The quantitative estimate of drug-likeness (QED) is 0.890. The maximum Gasteiger partial charge on any atom is 0.0666 e. The van der Waals surface area contributed by atoms with Crippen LogP contribution in [0.2, 0.25) is 0 Å². The Morgan fingerprint density at radius 2 is 1.70 bits per heavy atom. The zero-order valence-corrected chi connectivity index (χ0v) is 12.0. The Labute approximate surface area is 121 Å². The number of hydrogen-bond donors (Lipinski definition) is 1. The molecule has 0 heterocycles. The van der Waals surface area contributed by atoms with Crippen LogP contribution < -0.4 is 5.32 Å². The van der Waals surface area contributed by atoms with Gasteiger partial charge in [0.05, 0.1) is 18.0 Å². The molecule has 2 heteroatoms. The van der Waals surface area contributed by atoms with Gasteiger partial charge in [-0.25, -0.2) is 0 Å². The minimum absolute atomic E-state index is 0.00484. The molecule has 0 saturated carbocycles. The van der Waals surface area contributed by atoms with Crippen molar-refractivity contribution in [1.82, 2.24) is 5.32 Å². The molecule has 2 aromatic rings. The van der Waals surface area contributed by atoms with Gasteiger partial charge in [0.2, 0.25) is 0 Å². The number of aryl methyl sites for hydroxylation is 1. The molecule has 0 bridgehead atoms. The van der Waals surface area contributed by atoms with E-state index in [-0.39, 0.29) is 12.0 Å². The monoisotopic (exact) mass is 264 g/mol. The van der Waals surface area contributed by atoms with Crippen LogP contribution in [0.15, 0.2) is 54.6 Å². The minimum Gasteiger partial charge on any atom is -0.305 e. The zero-order valence-electron chi connectivity index (χ0n) is 12.0. The first-order chi connectivity index (χ1) is 9.72. The van der Waals surface area contributed by atoms with Gasteiger partial charge in [-0.3, -0.25) is 0 Å². The largest absolute Gasteiger partial charge is 0.305 e. The van der Waals surface area contributed by atoms with E-state index in [4.69, 9.17) is 5.26 Å². The van der Waals surface area contributed by atoms with Crippen molar-refractivity contribution in [3.8, 4) is 6.07 Å². The lowest BCUT2D eigenvalue weighted by molar-refractivity contribution is 0.547. The smallest absolute Gasteiger partial charge is 0.0666 e. The first-order valence-electron chi connectivity index (χ1n) is 6.96. The number of hydrogen-bond acceptors (Lipinski definition) is 2. The molecule has 0 aliphatic carbocycles. The third-order valence-corrected chi connectivity index (χ3v) is 3.48. The van der Waals surface area contributed by atoms with E-state index in [9.17, 15) is 0 Å². The highest BCUT2D eigenvalue weighted by Gasteiger charge is 2.16. The number of nitrogens with zero attached hydrogens (tertiary/aromatic N) is 1. The van der Waals surface area contributed by atoms with Gasteiger partial charge in [-0.15, -0.1) is 0 Å². The summed E-state index contributed by atoms with van der Waals surface area (Å²) in [5, 5.41) is 12.5. The van der Waals surface area contributed by atoms with Crippen LogP contribution in [-0.2, 0) is 0 Å². The Morgan fingerprint density at radius 1 is 1.05 bits per heavy atom. The highest BCUT2D eigenvalue weighted by atomic mass is 14.9. The van der Waals surface area contributed by atoms with Crippen molar-refractivity contribution in [2.24, 2.45) is 5.92 Å². The van der Waals surface area contributed by atoms with E-state index in [0.717, 1.165) is 0 Å². The lowest BCUT2D eigenvalue weighted by Crippen LogP contribution is -2.27. The van der Waals surface area contributed by atoms with Crippen LogP contribution in [0.1, 0.15) is 29.7 Å². The average Bonchev–Trinajstić information content (AvgIpc) is 2.50. The van der Waals surface area contributed by atoms with Crippen molar-refractivity contribution in [2.75, 3.05) is 6.54 Å². The van der Waals surface area contributed by atoms with Gasteiger partial charge in [0.25, 0.3) is 0 Å². The fourth-order valence-corrected chi connectivity index (χ4v) is 2.30. The van der Waals surface area contributed by atoms with Crippen LogP contribution in [0.25, 0.3) is 0 Å². The normalized spacial score (nSPS) is 13.4. The fraction of sp³-hybridized carbons (Fsp3) is 0.278. The summed E-state index contributed by atoms with van der Waals surface area (Å²) in [4.78, 5) is 0. The lowest BCUT2D eigenvalue weighted by atomic mass is 9.94. The summed E-state index contributed by atoms with van der Waals surface area (Å²) < 4.78 is 0. The van der Waals surface area contributed by atoms with Gasteiger partial charge in [-0.05, 0) is 30.5 Å². The summed E-state index contributed by atoms with van der Waals surface area (Å²) in [6.45, 7) is 4.75. The number of benzene rings is 2. The van der Waals surface area contributed by atoms with E-state index in [1.54, 1.807) is 0 Å². The molecule has 1 N–H and O–H groups in total. The molecule has 0 aliphatic rings. The standard InChI is InChI=1S/C18H20N2/c1-14(12-19)13-20-18(16-9-4-3-5-10-16)17-11-7-6-8-15(17)2/h3-11,14,18,20H,13H2,1-2H3. The van der Waals surface area contributed by atoms with Gasteiger partial charge < -0.3 is 5.32 Å². The first kappa shape index (κ1) is 14.3. The summed E-state index contributed by atoms with van der Waals surface area (Å²) in [6, 6.07) is 21.2. The van der Waals surface area contributed by atoms with Gasteiger partial charge >= 0.3 is 0 Å². The molecule has 0 aliphatic heterocycles. The number of nitrogens with one attached hydrogen (secondary N) is 1. The second kappa shape index (κ2) is 6.88. The molecule has 0 amide bonds. The van der Waals surface area contributed by atoms with E-state index in [0.29, 0.717) is 6.54 Å². The molecule has 0 fully saturated rings. The second-order valence-corrected chi connectivity index (χ2v) is 5.14. The van der Waals surface area contributed by atoms with Crippen LogP contribution in [-0.4, -0.2) is 6.54 Å². The van der Waals surface area contributed by atoms with Gasteiger partial charge in [-0.1, -0.05) is 54.6 Å². The predicted octanol–water partition coefficient (Wildman–Crippen LogP) is 3.83. The van der Waals surface area contributed by atoms with Crippen molar-refractivity contribution in [2.45, 2.75) is 19.9 Å². The van der Waals surface area contributed by atoms with Gasteiger partial charge in [0.1, 0.15) is 0 Å². The molecule has 20 heavy (non-hydrogen) atoms. The first-order valence-corrected chi connectivity index (χ1v) is 6.96. The van der Waals surface area contributed by atoms with Crippen LogP contribution in [0.4, 0.5) is 0 Å². The summed E-state index contributed by atoms with van der Waals surface area (Å²) >= 11 is 0. The highest BCUT2D eigenvalue weighted by Crippen LogP contribution is 2.24. The van der Waals surface area contributed by atoms with Crippen molar-refractivity contribution in [3.05, 3.63) is 71.3 Å². The van der Waals surface area contributed by atoms with E-state index in [1.807, 2.05) is 13.0 Å². The molecular weight excluding hydrogens is 244 g/mol. The van der Waals surface area contributed by atoms with E-state index in [2.05, 4.69) is 66.8 Å². The van der Waals surface area contributed by atoms with E-state index >= 15 is 0 Å². The third kappa shape index (κ3) is 3.46. The van der Waals surface area contributed by atoms with E-state index in [1.165, 1.54) is 16.7 Å². The molecule has 2 rings (SSSR count). The van der Waals surface area contributed by atoms with Gasteiger partial charge in [0, 0.05) is 6.54 Å². The minimum atomic E-state index is 0.00484. The topological polar surface area (TPSA) is 35.8 Å². The van der Waals surface area contributed by atoms with Crippen molar-refractivity contribution >= 4 is 0 Å². The summed E-state index contributed by atoms with van der Waals surface area (Å²) in [5.74, 6) is 0.00484. The van der Waals surface area contributed by atoms with Crippen molar-refractivity contribution in [3.63, 3.8) is 0 Å². The number of nitriles is 1. The maximum absolute atomic E-state index is 8.95. The maximum atomic E-state index is 8.95. The highest BCUT2D eigenvalue weighted by molar-refractivity contribution is 5.36. The third-order valence-electron chi connectivity index (χ3n) is 3.48. The van der Waals surface area contributed by atoms with Crippen molar-refractivity contribution in [1.29, 1.82) is 5.26 Å². The molecule has 2 unspecified atom stereocenters. The summed E-state index contributed by atoms with van der Waals surface area (Å²) in [5.41, 5.74) is 3.76. The zero-order chi connectivity index (χ0) is 14.4. The Kier molecular flexibility index (Phi) is 4.92. The Bertz CT molecular complexity index is 584. The van der Waals surface area contributed by atoms with Crippen LogP contribution in [0.5, 0.6) is 0 Å².